The van der Waals surface area contributed by atoms with E-state index in [9.17, 15) is 0 Å². The molecule has 1 heterocycles. The normalized spacial score (nSPS) is 10.8. The van der Waals surface area contributed by atoms with Crippen molar-refractivity contribution in [3.05, 3.63) is 59.0 Å². The molecular weight excluding hydrogens is 328 g/mol. The van der Waals surface area contributed by atoms with Gasteiger partial charge in [-0.25, -0.2) is 9.97 Å². The highest BCUT2D eigenvalue weighted by Crippen LogP contribution is 2.26. The molecule has 0 bridgehead atoms. The molecule has 0 saturated heterocycles. The van der Waals surface area contributed by atoms with E-state index in [4.69, 9.17) is 4.74 Å². The highest BCUT2D eigenvalue weighted by atomic mass is 79.9. The molecule has 0 N–H and O–H groups in total. The molecule has 2 aromatic carbocycles. The van der Waals surface area contributed by atoms with Crippen molar-refractivity contribution in [1.29, 1.82) is 0 Å². The maximum Gasteiger partial charge on any atom is 0.222 e. The summed E-state index contributed by atoms with van der Waals surface area (Å²) in [5.74, 6) is 1.37. The Morgan fingerprint density at radius 1 is 1.00 bits per heavy atom. The van der Waals surface area contributed by atoms with Gasteiger partial charge < -0.3 is 4.74 Å². The first-order chi connectivity index (χ1) is 10.2. The van der Waals surface area contributed by atoms with E-state index in [0.29, 0.717) is 5.88 Å². The lowest BCUT2D eigenvalue weighted by atomic mass is 10.1. The average Bonchev–Trinajstić information content (AvgIpc) is 2.48. The molecule has 4 heteroatoms. The Morgan fingerprint density at radius 2 is 1.81 bits per heavy atom. The molecule has 3 nitrogen and oxygen atoms in total. The standard InChI is InChI=1S/C17H15BrN2O/c1-2-3-15-10-17(20-11-19-15)21-16-7-5-12-8-14(18)6-4-13(12)9-16/h4-11H,2-3H2,1H3. The zero-order valence-corrected chi connectivity index (χ0v) is 13.3. The Hall–Kier alpha value is -1.94. The third-order valence-corrected chi connectivity index (χ3v) is 3.69. The quantitative estimate of drug-likeness (QED) is 0.658. The van der Waals surface area contributed by atoms with Gasteiger partial charge in [-0.3, -0.25) is 0 Å². The number of hydrogen-bond acceptors (Lipinski definition) is 3. The fourth-order valence-corrected chi connectivity index (χ4v) is 2.58. The van der Waals surface area contributed by atoms with Crippen LogP contribution in [-0.4, -0.2) is 9.97 Å². The van der Waals surface area contributed by atoms with Crippen molar-refractivity contribution in [2.75, 3.05) is 0 Å². The molecule has 0 fully saturated rings. The summed E-state index contributed by atoms with van der Waals surface area (Å²) in [6.07, 6.45) is 3.55. The topological polar surface area (TPSA) is 35.0 Å². The van der Waals surface area contributed by atoms with E-state index in [-0.39, 0.29) is 0 Å². The van der Waals surface area contributed by atoms with E-state index in [1.54, 1.807) is 6.33 Å². The van der Waals surface area contributed by atoms with Crippen LogP contribution in [0.5, 0.6) is 11.6 Å². The minimum atomic E-state index is 0.588. The maximum absolute atomic E-state index is 5.84. The van der Waals surface area contributed by atoms with Crippen molar-refractivity contribution < 1.29 is 4.74 Å². The van der Waals surface area contributed by atoms with Gasteiger partial charge in [-0.1, -0.05) is 41.4 Å². The summed E-state index contributed by atoms with van der Waals surface area (Å²) in [5.41, 5.74) is 1.01. The third kappa shape index (κ3) is 3.39. The molecule has 0 radical (unpaired) electrons. The van der Waals surface area contributed by atoms with Crippen LogP contribution in [0.25, 0.3) is 10.8 Å². The first-order valence-corrected chi connectivity index (χ1v) is 7.72. The summed E-state index contributed by atoms with van der Waals surface area (Å²) in [5, 5.41) is 2.31. The van der Waals surface area contributed by atoms with Gasteiger partial charge in [0.15, 0.2) is 0 Å². The molecule has 3 aromatic rings. The molecule has 0 aliphatic carbocycles. The number of ether oxygens (including phenoxy) is 1. The van der Waals surface area contributed by atoms with Gasteiger partial charge in [0.25, 0.3) is 0 Å². The number of nitrogens with zero attached hydrogens (tertiary/aromatic N) is 2. The minimum absolute atomic E-state index is 0.588. The predicted molar refractivity (Wildman–Crippen MR) is 87.7 cm³/mol. The van der Waals surface area contributed by atoms with Gasteiger partial charge in [0.2, 0.25) is 5.88 Å². The van der Waals surface area contributed by atoms with Gasteiger partial charge in [-0.05, 0) is 41.5 Å². The molecule has 0 aliphatic heterocycles. The monoisotopic (exact) mass is 342 g/mol. The summed E-state index contributed by atoms with van der Waals surface area (Å²) in [4.78, 5) is 8.40. The Balaban J connectivity index is 1.87. The van der Waals surface area contributed by atoms with Gasteiger partial charge in [-0.2, -0.15) is 0 Å². The number of rotatable bonds is 4. The van der Waals surface area contributed by atoms with E-state index in [1.807, 2.05) is 30.3 Å². The van der Waals surface area contributed by atoms with Crippen molar-refractivity contribution in [3.8, 4) is 11.6 Å². The summed E-state index contributed by atoms with van der Waals surface area (Å²) in [6.45, 7) is 2.13. The predicted octanol–water partition coefficient (Wildman–Crippen LogP) is 5.14. The van der Waals surface area contributed by atoms with Crippen molar-refractivity contribution in [2.24, 2.45) is 0 Å². The van der Waals surface area contributed by atoms with Crippen molar-refractivity contribution in [3.63, 3.8) is 0 Å². The van der Waals surface area contributed by atoms with Crippen LogP contribution >= 0.6 is 15.9 Å². The molecule has 21 heavy (non-hydrogen) atoms. The second-order valence-corrected chi connectivity index (χ2v) is 5.77. The van der Waals surface area contributed by atoms with Crippen molar-refractivity contribution >= 4 is 26.7 Å². The SMILES string of the molecule is CCCc1cc(Oc2ccc3cc(Br)ccc3c2)ncn1. The Kier molecular flexibility index (Phi) is 4.15. The number of fused-ring (bicyclic) bond motifs is 1. The molecule has 0 saturated carbocycles. The molecule has 1 aromatic heterocycles. The molecule has 0 atom stereocenters. The maximum atomic E-state index is 5.84. The van der Waals surface area contributed by atoms with Crippen LogP contribution in [0.4, 0.5) is 0 Å². The number of hydrogen-bond donors (Lipinski definition) is 0. The van der Waals surface area contributed by atoms with Crippen LogP contribution in [0, 0.1) is 0 Å². The van der Waals surface area contributed by atoms with Gasteiger partial charge in [0.05, 0.1) is 0 Å². The Morgan fingerprint density at radius 3 is 2.67 bits per heavy atom. The number of halogens is 1. The van der Waals surface area contributed by atoms with E-state index < -0.39 is 0 Å². The highest BCUT2D eigenvalue weighted by molar-refractivity contribution is 9.10. The number of benzene rings is 2. The average molecular weight is 343 g/mol. The number of aromatic nitrogens is 2. The lowest BCUT2D eigenvalue weighted by Gasteiger charge is -2.07. The third-order valence-electron chi connectivity index (χ3n) is 3.20. The van der Waals surface area contributed by atoms with Gasteiger partial charge >= 0.3 is 0 Å². The van der Waals surface area contributed by atoms with E-state index in [0.717, 1.165) is 34.1 Å². The largest absolute Gasteiger partial charge is 0.439 e. The first-order valence-electron chi connectivity index (χ1n) is 6.92. The molecular formula is C17H15BrN2O. The fourth-order valence-electron chi connectivity index (χ4n) is 2.20. The van der Waals surface area contributed by atoms with E-state index in [1.165, 1.54) is 5.39 Å². The molecule has 0 unspecified atom stereocenters. The zero-order valence-electron chi connectivity index (χ0n) is 11.7. The summed E-state index contributed by atoms with van der Waals surface area (Å²) < 4.78 is 6.91. The van der Waals surface area contributed by atoms with Crippen LogP contribution in [0.15, 0.2) is 53.3 Å². The molecule has 0 spiro atoms. The van der Waals surface area contributed by atoms with Crippen LogP contribution in [0.1, 0.15) is 19.0 Å². The van der Waals surface area contributed by atoms with Gasteiger partial charge in [0, 0.05) is 16.2 Å². The van der Waals surface area contributed by atoms with Crippen LogP contribution in [-0.2, 0) is 6.42 Å². The Labute approximate surface area is 132 Å². The van der Waals surface area contributed by atoms with E-state index in [2.05, 4.69) is 45.0 Å². The number of aryl methyl sites for hydroxylation is 1. The first kappa shape index (κ1) is 14.0. The van der Waals surface area contributed by atoms with Gasteiger partial charge in [-0.15, -0.1) is 0 Å². The minimum Gasteiger partial charge on any atom is -0.439 e. The summed E-state index contributed by atoms with van der Waals surface area (Å²) >= 11 is 3.48. The second kappa shape index (κ2) is 6.22. The van der Waals surface area contributed by atoms with Gasteiger partial charge in [0.1, 0.15) is 12.1 Å². The zero-order chi connectivity index (χ0) is 14.7. The molecule has 106 valence electrons. The smallest absolute Gasteiger partial charge is 0.222 e. The lowest BCUT2D eigenvalue weighted by molar-refractivity contribution is 0.461. The molecule has 0 aliphatic rings. The van der Waals surface area contributed by atoms with Crippen LogP contribution in [0.3, 0.4) is 0 Å². The van der Waals surface area contributed by atoms with Crippen molar-refractivity contribution in [2.45, 2.75) is 19.8 Å². The van der Waals surface area contributed by atoms with E-state index >= 15 is 0 Å². The lowest BCUT2D eigenvalue weighted by Crippen LogP contribution is -1.94. The Bertz CT molecular complexity index is 774. The second-order valence-electron chi connectivity index (χ2n) is 4.85. The summed E-state index contributed by atoms with van der Waals surface area (Å²) in [7, 11) is 0. The van der Waals surface area contributed by atoms with Crippen LogP contribution in [0.2, 0.25) is 0 Å². The van der Waals surface area contributed by atoms with Crippen LogP contribution < -0.4 is 4.74 Å². The summed E-state index contributed by atoms with van der Waals surface area (Å²) in [6, 6.07) is 14.1. The highest BCUT2D eigenvalue weighted by Gasteiger charge is 2.03. The molecule has 3 rings (SSSR count). The fraction of sp³-hybridized carbons (Fsp3) is 0.176. The van der Waals surface area contributed by atoms with Crippen molar-refractivity contribution in [1.82, 2.24) is 9.97 Å². The molecule has 0 amide bonds.